The molecule has 154 valence electrons. The minimum atomic E-state index is -0.611. The average Bonchev–Trinajstić information content (AvgIpc) is 3.18. The lowest BCUT2D eigenvalue weighted by Gasteiger charge is -2.06. The van der Waals surface area contributed by atoms with Crippen molar-refractivity contribution in [2.45, 2.75) is 6.54 Å². The number of hydrogen-bond donors (Lipinski definition) is 1. The predicted octanol–water partition coefficient (Wildman–Crippen LogP) is 2.91. The van der Waals surface area contributed by atoms with Gasteiger partial charge in [-0.05, 0) is 23.8 Å². The van der Waals surface area contributed by atoms with E-state index < -0.39 is 5.97 Å². The summed E-state index contributed by atoms with van der Waals surface area (Å²) >= 11 is 0. The van der Waals surface area contributed by atoms with Crippen LogP contribution in [0.1, 0.15) is 11.1 Å². The summed E-state index contributed by atoms with van der Waals surface area (Å²) in [6, 6.07) is 17.5. The molecule has 7 nitrogen and oxygen atoms in total. The van der Waals surface area contributed by atoms with Gasteiger partial charge < -0.3 is 14.8 Å². The predicted molar refractivity (Wildman–Crippen MR) is 114 cm³/mol. The van der Waals surface area contributed by atoms with Crippen molar-refractivity contribution in [1.82, 2.24) is 15.1 Å². The number of esters is 1. The number of nitrogens with zero attached hydrogens (tertiary/aromatic N) is 2. The smallest absolute Gasteiger partial charge is 0.331 e. The number of nitrogens with one attached hydrogen (secondary N) is 1. The standard InChI is InChI=1S/C23H23N3O4/c1-24-21(27)16-30-22(28)13-12-18-15-26(14-17-8-4-3-5-9-17)25-23(18)19-10-6-7-11-20(19)29-2/h3-13,15H,14,16H2,1-2H3,(H,24,27)/b13-12+. The first kappa shape index (κ1) is 20.9. The molecule has 0 aliphatic carbocycles. The molecule has 1 amide bonds. The van der Waals surface area contributed by atoms with Gasteiger partial charge in [-0.2, -0.15) is 5.10 Å². The third kappa shape index (κ3) is 5.35. The molecular formula is C23H23N3O4. The maximum absolute atomic E-state index is 12.0. The second kappa shape index (κ2) is 10.1. The topological polar surface area (TPSA) is 82.5 Å². The van der Waals surface area contributed by atoms with Gasteiger partial charge in [-0.15, -0.1) is 0 Å². The number of carbonyl (C=O) groups is 2. The lowest BCUT2D eigenvalue weighted by molar-refractivity contribution is -0.143. The van der Waals surface area contributed by atoms with Crippen LogP contribution in [-0.2, 0) is 20.9 Å². The second-order valence-corrected chi connectivity index (χ2v) is 6.43. The number of amides is 1. The first-order valence-corrected chi connectivity index (χ1v) is 9.41. The molecule has 7 heteroatoms. The molecule has 0 saturated carbocycles. The molecular weight excluding hydrogens is 382 g/mol. The zero-order valence-corrected chi connectivity index (χ0v) is 16.9. The summed E-state index contributed by atoms with van der Waals surface area (Å²) in [5, 5.41) is 7.12. The van der Waals surface area contributed by atoms with Gasteiger partial charge in [0.2, 0.25) is 0 Å². The van der Waals surface area contributed by atoms with Gasteiger partial charge in [0.15, 0.2) is 6.61 Å². The quantitative estimate of drug-likeness (QED) is 0.460. The molecule has 1 heterocycles. The number of likely N-dealkylation sites (N-methyl/N-ethyl adjacent to an activating group) is 1. The number of aromatic nitrogens is 2. The van der Waals surface area contributed by atoms with Crippen molar-refractivity contribution in [1.29, 1.82) is 0 Å². The van der Waals surface area contributed by atoms with Gasteiger partial charge in [0, 0.05) is 30.4 Å². The van der Waals surface area contributed by atoms with Crippen LogP contribution in [0, 0.1) is 0 Å². The Balaban J connectivity index is 1.90. The van der Waals surface area contributed by atoms with Gasteiger partial charge in [0.05, 0.1) is 13.7 Å². The molecule has 0 spiro atoms. The van der Waals surface area contributed by atoms with Crippen molar-refractivity contribution < 1.29 is 19.1 Å². The van der Waals surface area contributed by atoms with Crippen molar-refractivity contribution >= 4 is 18.0 Å². The Morgan fingerprint density at radius 2 is 1.83 bits per heavy atom. The van der Waals surface area contributed by atoms with Crippen molar-refractivity contribution in [3.8, 4) is 17.0 Å². The minimum absolute atomic E-state index is 0.327. The average molecular weight is 405 g/mol. The fraction of sp³-hybridized carbons (Fsp3) is 0.174. The van der Waals surface area contributed by atoms with Crippen LogP contribution in [-0.4, -0.2) is 42.4 Å². The van der Waals surface area contributed by atoms with E-state index in [0.717, 1.165) is 16.7 Å². The Labute approximate surface area is 174 Å². The van der Waals surface area contributed by atoms with Crippen LogP contribution in [0.25, 0.3) is 17.3 Å². The summed E-state index contributed by atoms with van der Waals surface area (Å²) in [6.07, 6.45) is 4.77. The van der Waals surface area contributed by atoms with E-state index in [9.17, 15) is 9.59 Å². The number of para-hydroxylation sites is 1. The minimum Gasteiger partial charge on any atom is -0.496 e. The Morgan fingerprint density at radius 1 is 1.10 bits per heavy atom. The molecule has 0 radical (unpaired) electrons. The highest BCUT2D eigenvalue weighted by molar-refractivity contribution is 5.90. The van der Waals surface area contributed by atoms with Crippen LogP contribution in [0.15, 0.2) is 66.9 Å². The summed E-state index contributed by atoms with van der Waals surface area (Å²) in [5.41, 5.74) is 3.32. The molecule has 30 heavy (non-hydrogen) atoms. The molecule has 0 atom stereocenters. The zero-order valence-electron chi connectivity index (χ0n) is 16.9. The lowest BCUT2D eigenvalue weighted by Crippen LogP contribution is -2.24. The second-order valence-electron chi connectivity index (χ2n) is 6.43. The van der Waals surface area contributed by atoms with E-state index in [-0.39, 0.29) is 12.5 Å². The molecule has 0 fully saturated rings. The van der Waals surface area contributed by atoms with E-state index in [1.54, 1.807) is 13.2 Å². The van der Waals surface area contributed by atoms with Crippen LogP contribution in [0.2, 0.25) is 0 Å². The van der Waals surface area contributed by atoms with Crippen molar-refractivity contribution in [2.75, 3.05) is 20.8 Å². The van der Waals surface area contributed by atoms with Crippen molar-refractivity contribution in [3.05, 3.63) is 78.0 Å². The number of methoxy groups -OCH3 is 1. The van der Waals surface area contributed by atoms with Gasteiger partial charge in [0.25, 0.3) is 5.91 Å². The van der Waals surface area contributed by atoms with E-state index in [4.69, 9.17) is 14.6 Å². The molecule has 0 bridgehead atoms. The molecule has 0 saturated heterocycles. The molecule has 0 aliphatic rings. The van der Waals surface area contributed by atoms with E-state index in [0.29, 0.717) is 18.0 Å². The number of carbonyl (C=O) groups excluding carboxylic acids is 2. The number of rotatable bonds is 8. The summed E-state index contributed by atoms with van der Waals surface area (Å²) in [7, 11) is 3.08. The van der Waals surface area contributed by atoms with Gasteiger partial charge in [-0.1, -0.05) is 42.5 Å². The molecule has 0 unspecified atom stereocenters. The van der Waals surface area contributed by atoms with E-state index >= 15 is 0 Å². The Bertz CT molecular complexity index is 1040. The largest absolute Gasteiger partial charge is 0.496 e. The van der Waals surface area contributed by atoms with Crippen LogP contribution in [0.3, 0.4) is 0 Å². The maximum atomic E-state index is 12.0. The van der Waals surface area contributed by atoms with Gasteiger partial charge in [0.1, 0.15) is 11.4 Å². The summed E-state index contributed by atoms with van der Waals surface area (Å²) < 4.78 is 12.2. The highest BCUT2D eigenvalue weighted by Gasteiger charge is 2.14. The van der Waals surface area contributed by atoms with Crippen molar-refractivity contribution in [2.24, 2.45) is 0 Å². The van der Waals surface area contributed by atoms with E-state index in [1.165, 1.54) is 13.1 Å². The third-order valence-corrected chi connectivity index (χ3v) is 4.36. The first-order valence-electron chi connectivity index (χ1n) is 9.41. The van der Waals surface area contributed by atoms with Gasteiger partial charge >= 0.3 is 5.97 Å². The lowest BCUT2D eigenvalue weighted by atomic mass is 10.1. The molecule has 0 aliphatic heterocycles. The highest BCUT2D eigenvalue weighted by Crippen LogP contribution is 2.31. The number of ether oxygens (including phenoxy) is 2. The van der Waals surface area contributed by atoms with E-state index in [1.807, 2.05) is 65.5 Å². The molecule has 3 aromatic rings. The summed E-state index contributed by atoms with van der Waals surface area (Å²) in [5.74, 6) is -0.304. The molecule has 3 rings (SSSR count). The number of benzene rings is 2. The first-order chi connectivity index (χ1) is 14.6. The highest BCUT2D eigenvalue weighted by atomic mass is 16.5. The summed E-state index contributed by atoms with van der Waals surface area (Å²) in [6.45, 7) is 0.254. The third-order valence-electron chi connectivity index (χ3n) is 4.36. The maximum Gasteiger partial charge on any atom is 0.331 e. The van der Waals surface area contributed by atoms with Crippen molar-refractivity contribution in [3.63, 3.8) is 0 Å². The van der Waals surface area contributed by atoms with Gasteiger partial charge in [-0.3, -0.25) is 9.48 Å². The fourth-order valence-electron chi connectivity index (χ4n) is 2.87. The van der Waals surface area contributed by atoms with E-state index in [2.05, 4.69) is 5.32 Å². The Kier molecular flexibility index (Phi) is 7.00. The monoisotopic (exact) mass is 405 g/mol. The number of hydrogen-bond acceptors (Lipinski definition) is 5. The van der Waals surface area contributed by atoms with Gasteiger partial charge in [-0.25, -0.2) is 4.79 Å². The van der Waals surface area contributed by atoms with Crippen LogP contribution in [0.5, 0.6) is 5.75 Å². The van der Waals surface area contributed by atoms with Crippen LogP contribution in [0.4, 0.5) is 0 Å². The SMILES string of the molecule is CNC(=O)COC(=O)/C=C/c1cn(Cc2ccccc2)nc1-c1ccccc1OC. The molecule has 1 aromatic heterocycles. The Hall–Kier alpha value is -3.87. The van der Waals surface area contributed by atoms with Crippen LogP contribution < -0.4 is 10.1 Å². The fourth-order valence-corrected chi connectivity index (χ4v) is 2.87. The molecule has 1 N–H and O–H groups in total. The molecule has 2 aromatic carbocycles. The Morgan fingerprint density at radius 3 is 2.57 bits per heavy atom. The van der Waals surface area contributed by atoms with Crippen LogP contribution >= 0.6 is 0 Å². The normalized spacial score (nSPS) is 10.7. The zero-order chi connectivity index (χ0) is 21.3. The summed E-state index contributed by atoms with van der Waals surface area (Å²) in [4.78, 5) is 23.2.